The first-order valence-corrected chi connectivity index (χ1v) is 11.4. The van der Waals surface area contributed by atoms with Crippen LogP contribution in [-0.2, 0) is 19.6 Å². The molecule has 0 aliphatic heterocycles. The Morgan fingerprint density at radius 1 is 0.938 bits per heavy atom. The summed E-state index contributed by atoms with van der Waals surface area (Å²) in [6.45, 7) is -0.639. The van der Waals surface area contributed by atoms with Crippen molar-refractivity contribution in [1.29, 1.82) is 0 Å². The summed E-state index contributed by atoms with van der Waals surface area (Å²) in [6, 6.07) is 12.5. The van der Waals surface area contributed by atoms with Crippen LogP contribution in [0.15, 0.2) is 65.7 Å². The van der Waals surface area contributed by atoms with Gasteiger partial charge in [-0.3, -0.25) is 9.52 Å². The fraction of sp³-hybridized carbons (Fsp3) is 0.0500. The van der Waals surface area contributed by atoms with Crippen LogP contribution in [0.5, 0.6) is 0 Å². The van der Waals surface area contributed by atoms with E-state index in [0.717, 1.165) is 6.07 Å². The third-order valence-electron chi connectivity index (χ3n) is 3.89. The van der Waals surface area contributed by atoms with Crippen molar-refractivity contribution in [2.24, 2.45) is 0 Å². The molecule has 0 aliphatic carbocycles. The van der Waals surface area contributed by atoms with Crippen LogP contribution in [0.3, 0.4) is 0 Å². The predicted molar refractivity (Wildman–Crippen MR) is 122 cm³/mol. The summed E-state index contributed by atoms with van der Waals surface area (Å²) in [7, 11) is -4.03. The zero-order valence-electron chi connectivity index (χ0n) is 16.0. The van der Waals surface area contributed by atoms with Gasteiger partial charge in [-0.1, -0.05) is 34.8 Å². The summed E-state index contributed by atoms with van der Waals surface area (Å²) < 4.78 is 32.6. The van der Waals surface area contributed by atoms with E-state index >= 15 is 0 Å². The van der Waals surface area contributed by atoms with Gasteiger partial charge >= 0.3 is 5.97 Å². The minimum atomic E-state index is -4.03. The predicted octanol–water partition coefficient (Wildman–Crippen LogP) is 4.64. The maximum atomic E-state index is 12.6. The zero-order chi connectivity index (χ0) is 23.3. The van der Waals surface area contributed by atoms with Gasteiger partial charge in [-0.2, -0.15) is 0 Å². The summed E-state index contributed by atoms with van der Waals surface area (Å²) in [5.41, 5.74) is 0.0593. The van der Waals surface area contributed by atoms with Crippen molar-refractivity contribution in [3.05, 3.63) is 81.4 Å². The molecule has 0 unspecified atom stereocenters. The van der Waals surface area contributed by atoms with Gasteiger partial charge in [-0.05, 0) is 54.6 Å². The van der Waals surface area contributed by atoms with Gasteiger partial charge in [0.25, 0.3) is 15.9 Å². The van der Waals surface area contributed by atoms with E-state index in [1.165, 1.54) is 54.7 Å². The van der Waals surface area contributed by atoms with E-state index in [9.17, 15) is 18.0 Å². The molecule has 0 fully saturated rings. The van der Waals surface area contributed by atoms with E-state index in [2.05, 4.69) is 15.0 Å². The maximum Gasteiger partial charge on any atom is 0.340 e. The Hall–Kier alpha value is -2.85. The molecule has 166 valence electrons. The van der Waals surface area contributed by atoms with E-state index in [1.807, 2.05) is 0 Å². The Labute approximate surface area is 198 Å². The minimum Gasteiger partial charge on any atom is -0.452 e. The standard InChI is InChI=1S/C20H14Cl3N3O5S/c21-12-1-4-14(5-2-12)26-32(29,30)15-6-7-17(23)16(9-15)20(28)31-11-19(27)25-18-8-3-13(22)10-24-18/h1-10,26H,11H2,(H,24,25,27). The topological polar surface area (TPSA) is 114 Å². The van der Waals surface area contributed by atoms with Crippen LogP contribution in [0.25, 0.3) is 0 Å². The van der Waals surface area contributed by atoms with Crippen LogP contribution in [-0.4, -0.2) is 31.9 Å². The van der Waals surface area contributed by atoms with Crippen molar-refractivity contribution < 1.29 is 22.7 Å². The second-order valence-electron chi connectivity index (χ2n) is 6.24. The summed E-state index contributed by atoms with van der Waals surface area (Å²) in [5.74, 6) is -1.41. The van der Waals surface area contributed by atoms with Crippen LogP contribution in [0.2, 0.25) is 15.1 Å². The number of nitrogens with zero attached hydrogens (tertiary/aromatic N) is 1. The van der Waals surface area contributed by atoms with Gasteiger partial charge in [0.1, 0.15) is 5.82 Å². The fourth-order valence-corrected chi connectivity index (χ4v) is 3.91. The summed E-state index contributed by atoms with van der Waals surface area (Å²) in [4.78, 5) is 28.0. The molecule has 12 heteroatoms. The first-order valence-electron chi connectivity index (χ1n) is 8.80. The second-order valence-corrected chi connectivity index (χ2v) is 9.20. The highest BCUT2D eigenvalue weighted by Crippen LogP contribution is 2.24. The highest BCUT2D eigenvalue weighted by molar-refractivity contribution is 7.92. The average Bonchev–Trinajstić information content (AvgIpc) is 2.75. The molecule has 0 spiro atoms. The highest BCUT2D eigenvalue weighted by Gasteiger charge is 2.20. The molecule has 0 saturated carbocycles. The molecule has 3 rings (SSSR count). The average molecular weight is 515 g/mol. The summed E-state index contributed by atoms with van der Waals surface area (Å²) >= 11 is 17.5. The van der Waals surface area contributed by atoms with Crippen molar-refractivity contribution in [2.75, 3.05) is 16.6 Å². The molecule has 0 saturated heterocycles. The highest BCUT2D eigenvalue weighted by atomic mass is 35.5. The number of halogens is 3. The lowest BCUT2D eigenvalue weighted by molar-refractivity contribution is -0.119. The van der Waals surface area contributed by atoms with E-state index in [-0.39, 0.29) is 27.0 Å². The number of aromatic nitrogens is 1. The lowest BCUT2D eigenvalue weighted by Gasteiger charge is -2.11. The Morgan fingerprint density at radius 3 is 2.28 bits per heavy atom. The van der Waals surface area contributed by atoms with Gasteiger partial charge in [0.05, 0.1) is 20.5 Å². The molecule has 3 aromatic rings. The number of carbonyl (C=O) groups is 2. The Balaban J connectivity index is 1.68. The Morgan fingerprint density at radius 2 is 1.62 bits per heavy atom. The molecule has 0 aliphatic rings. The van der Waals surface area contributed by atoms with E-state index in [4.69, 9.17) is 39.5 Å². The molecule has 1 aromatic heterocycles. The maximum absolute atomic E-state index is 12.6. The molecule has 1 amide bonds. The van der Waals surface area contributed by atoms with Gasteiger partial charge in [0, 0.05) is 16.9 Å². The fourth-order valence-electron chi connectivity index (χ4n) is 2.40. The molecule has 0 radical (unpaired) electrons. The molecule has 0 bridgehead atoms. The third kappa shape index (κ3) is 6.33. The largest absolute Gasteiger partial charge is 0.452 e. The van der Waals surface area contributed by atoms with Crippen LogP contribution in [0, 0.1) is 0 Å². The lowest BCUT2D eigenvalue weighted by atomic mass is 10.2. The number of esters is 1. The van der Waals surface area contributed by atoms with Crippen molar-refractivity contribution in [2.45, 2.75) is 4.90 Å². The van der Waals surface area contributed by atoms with Gasteiger partial charge in [-0.25, -0.2) is 18.2 Å². The number of ether oxygens (including phenoxy) is 1. The van der Waals surface area contributed by atoms with Gasteiger partial charge in [-0.15, -0.1) is 0 Å². The van der Waals surface area contributed by atoms with Crippen LogP contribution in [0.4, 0.5) is 11.5 Å². The third-order valence-corrected chi connectivity index (χ3v) is 6.08. The van der Waals surface area contributed by atoms with Crippen LogP contribution in [0.1, 0.15) is 10.4 Å². The van der Waals surface area contributed by atoms with E-state index in [0.29, 0.717) is 10.0 Å². The van der Waals surface area contributed by atoms with E-state index in [1.54, 1.807) is 0 Å². The molecule has 8 nitrogen and oxygen atoms in total. The van der Waals surface area contributed by atoms with Crippen LogP contribution >= 0.6 is 34.8 Å². The number of amides is 1. The molecular weight excluding hydrogens is 501 g/mol. The van der Waals surface area contributed by atoms with Crippen molar-refractivity contribution in [3.8, 4) is 0 Å². The number of hydrogen-bond donors (Lipinski definition) is 2. The number of anilines is 2. The van der Waals surface area contributed by atoms with Crippen LogP contribution < -0.4 is 10.0 Å². The minimum absolute atomic E-state index is 0.0415. The van der Waals surface area contributed by atoms with Crippen molar-refractivity contribution >= 4 is 68.2 Å². The molecule has 2 N–H and O–H groups in total. The molecular formula is C20H14Cl3N3O5S. The molecule has 2 aromatic carbocycles. The SMILES string of the molecule is O=C(COC(=O)c1cc(S(=O)(=O)Nc2ccc(Cl)cc2)ccc1Cl)Nc1ccc(Cl)cn1. The number of carbonyl (C=O) groups excluding carboxylic acids is 2. The van der Waals surface area contributed by atoms with Gasteiger partial charge in [0.15, 0.2) is 6.61 Å². The van der Waals surface area contributed by atoms with Crippen molar-refractivity contribution in [1.82, 2.24) is 4.98 Å². The monoisotopic (exact) mass is 513 g/mol. The van der Waals surface area contributed by atoms with E-state index < -0.39 is 28.5 Å². The number of nitrogens with one attached hydrogen (secondary N) is 2. The lowest BCUT2D eigenvalue weighted by Crippen LogP contribution is -2.22. The van der Waals surface area contributed by atoms with Crippen molar-refractivity contribution in [3.63, 3.8) is 0 Å². The second kappa shape index (κ2) is 10.2. The Kier molecular flexibility index (Phi) is 7.57. The number of hydrogen-bond acceptors (Lipinski definition) is 6. The quantitative estimate of drug-likeness (QED) is 0.444. The number of rotatable bonds is 7. The van der Waals surface area contributed by atoms with Gasteiger partial charge in [0.2, 0.25) is 0 Å². The summed E-state index contributed by atoms with van der Waals surface area (Å²) in [5, 5.41) is 3.22. The molecule has 32 heavy (non-hydrogen) atoms. The Bertz CT molecular complexity index is 1250. The zero-order valence-corrected chi connectivity index (χ0v) is 19.1. The first-order chi connectivity index (χ1) is 15.1. The normalized spacial score (nSPS) is 11.0. The first kappa shape index (κ1) is 23.8. The molecule has 1 heterocycles. The smallest absolute Gasteiger partial charge is 0.340 e. The number of pyridine rings is 1. The summed E-state index contributed by atoms with van der Waals surface area (Å²) in [6.07, 6.45) is 1.34. The van der Waals surface area contributed by atoms with Gasteiger partial charge < -0.3 is 10.1 Å². The number of benzene rings is 2. The molecule has 0 atom stereocenters. The number of sulfonamides is 1.